The van der Waals surface area contributed by atoms with Gasteiger partial charge >= 0.3 is 195 Å². The molecule has 4 aromatic carbocycles. The van der Waals surface area contributed by atoms with E-state index in [4.69, 9.17) is 0 Å². The molecule has 0 aromatic heterocycles. The normalized spacial score (nSPS) is 15.0. The van der Waals surface area contributed by atoms with Crippen molar-refractivity contribution in [2.24, 2.45) is 0 Å². The van der Waals surface area contributed by atoms with Crippen molar-refractivity contribution in [1.82, 2.24) is 0 Å². The van der Waals surface area contributed by atoms with Crippen LogP contribution in [0.1, 0.15) is 22.3 Å². The van der Waals surface area contributed by atoms with Crippen LogP contribution in [-0.4, -0.2) is 6.66 Å². The van der Waals surface area contributed by atoms with Gasteiger partial charge in [-0.05, 0) is 0 Å². The molecule has 0 radical (unpaired) electrons. The average molecular weight is 468 g/mol. The monoisotopic (exact) mass is 467 g/mol. The summed E-state index contributed by atoms with van der Waals surface area (Å²) in [5.41, 5.74) is 12.1. The zero-order chi connectivity index (χ0) is 22.1. The molecule has 2 aliphatic carbocycles. The molecule has 0 saturated carbocycles. The number of hydrogen-bond acceptors (Lipinski definition) is 0. The van der Waals surface area contributed by atoms with Crippen LogP contribution in [0.4, 0.5) is 0 Å². The maximum atomic E-state index is 2.76. The molecule has 32 heavy (non-hydrogen) atoms. The van der Waals surface area contributed by atoms with E-state index < -0.39 is 21.2 Å². The first-order valence-corrected chi connectivity index (χ1v) is 22.3. The SMILES string of the molecule is C[SiH](C)[Ti]([CH3])([CH3])([c]1cccc2c1Cc1ccccc1-2)[c]1cccc2c1Cc1ccccc1-2. The van der Waals surface area contributed by atoms with Crippen molar-refractivity contribution < 1.29 is 14.6 Å². The molecule has 159 valence electrons. The second kappa shape index (κ2) is 6.90. The van der Waals surface area contributed by atoms with Crippen LogP contribution >= 0.6 is 0 Å². The van der Waals surface area contributed by atoms with Crippen LogP contribution < -0.4 is 7.74 Å². The quantitative estimate of drug-likeness (QED) is 0.259. The molecule has 4 aromatic rings. The van der Waals surface area contributed by atoms with Crippen LogP contribution in [0.2, 0.25) is 23.6 Å². The fourth-order valence-electron chi connectivity index (χ4n) is 6.52. The summed E-state index contributed by atoms with van der Waals surface area (Å²) in [5.74, 6) is 0. The maximum absolute atomic E-state index is 3.26. The van der Waals surface area contributed by atoms with Crippen molar-refractivity contribution in [1.29, 1.82) is 0 Å². The summed E-state index contributed by atoms with van der Waals surface area (Å²) in [6.07, 6.45) is 2.19. The van der Waals surface area contributed by atoms with E-state index in [2.05, 4.69) is 108 Å². The summed E-state index contributed by atoms with van der Waals surface area (Å²) in [6.45, 7) is 4.21. The van der Waals surface area contributed by atoms with Crippen molar-refractivity contribution >= 4 is 14.4 Å². The van der Waals surface area contributed by atoms with Crippen LogP contribution in [0, 0.1) is 0 Å². The summed E-state index contributed by atoms with van der Waals surface area (Å²) in [6, 6.07) is 32.6. The van der Waals surface area contributed by atoms with Crippen LogP contribution in [0.25, 0.3) is 22.3 Å². The Kier molecular flexibility index (Phi) is 4.41. The fraction of sp³-hybridized carbons (Fsp3) is 0.200. The Morgan fingerprint density at radius 1 is 0.531 bits per heavy atom. The molecule has 0 saturated heterocycles. The third-order valence-corrected chi connectivity index (χ3v) is 38.0. The average Bonchev–Trinajstić information content (AvgIpc) is 3.37. The second-order valence-corrected chi connectivity index (χ2v) is 35.3. The van der Waals surface area contributed by atoms with Crippen LogP contribution in [0.5, 0.6) is 0 Å². The molecule has 2 heteroatoms. The van der Waals surface area contributed by atoms with Gasteiger partial charge in [-0.15, -0.1) is 0 Å². The van der Waals surface area contributed by atoms with Gasteiger partial charge < -0.3 is 0 Å². The van der Waals surface area contributed by atoms with E-state index in [0.717, 1.165) is 12.8 Å². The zero-order valence-electron chi connectivity index (χ0n) is 19.6. The molecule has 0 aliphatic heterocycles. The summed E-state index contributed by atoms with van der Waals surface area (Å²) in [7, 11) is 0. The Bertz CT molecular complexity index is 1290. The molecule has 0 amide bonds. The third-order valence-electron chi connectivity index (χ3n) is 9.09. The molecule has 0 N–H and O–H groups in total. The Labute approximate surface area is 194 Å². The van der Waals surface area contributed by atoms with E-state index >= 15 is 0 Å². The predicted molar refractivity (Wildman–Crippen MR) is 139 cm³/mol. The minimum atomic E-state index is -3.26. The van der Waals surface area contributed by atoms with Gasteiger partial charge in [0.05, 0.1) is 0 Å². The van der Waals surface area contributed by atoms with E-state index in [9.17, 15) is 0 Å². The molecule has 0 heterocycles. The second-order valence-electron chi connectivity index (χ2n) is 11.0. The van der Waals surface area contributed by atoms with Crippen molar-refractivity contribution in [3.63, 3.8) is 0 Å². The zero-order valence-corrected chi connectivity index (χ0v) is 22.3. The van der Waals surface area contributed by atoms with Crippen LogP contribution in [0.3, 0.4) is 0 Å². The third kappa shape index (κ3) is 2.59. The van der Waals surface area contributed by atoms with Crippen LogP contribution in [-0.2, 0) is 27.4 Å². The minimum absolute atomic E-state index is 1.04. The Balaban J connectivity index is 1.63. The summed E-state index contributed by atoms with van der Waals surface area (Å²) >= 11 is -3.26. The fourth-order valence-corrected chi connectivity index (χ4v) is 21.8. The Morgan fingerprint density at radius 2 is 0.938 bits per heavy atom. The van der Waals surface area contributed by atoms with E-state index in [1.54, 1.807) is 18.9 Å². The molecular weight excluding hydrogens is 436 g/mol. The van der Waals surface area contributed by atoms with E-state index in [0.29, 0.717) is 0 Å². The van der Waals surface area contributed by atoms with Gasteiger partial charge in [0, 0.05) is 0 Å². The molecule has 0 spiro atoms. The first kappa shape index (κ1) is 20.4. The van der Waals surface area contributed by atoms with Crippen molar-refractivity contribution in [2.45, 2.75) is 36.4 Å². The van der Waals surface area contributed by atoms with Gasteiger partial charge in [0.25, 0.3) is 0 Å². The summed E-state index contributed by atoms with van der Waals surface area (Å²) in [4.78, 5) is 0. The van der Waals surface area contributed by atoms with Crippen molar-refractivity contribution in [3.05, 3.63) is 107 Å². The van der Waals surface area contributed by atoms with Crippen molar-refractivity contribution in [3.8, 4) is 22.3 Å². The molecule has 0 fully saturated rings. The van der Waals surface area contributed by atoms with Gasteiger partial charge in [-0.2, -0.15) is 0 Å². The van der Waals surface area contributed by atoms with Gasteiger partial charge in [-0.3, -0.25) is 0 Å². The van der Waals surface area contributed by atoms with Gasteiger partial charge in [-0.25, -0.2) is 0 Å². The first-order valence-electron chi connectivity index (χ1n) is 12.0. The molecule has 6 rings (SSSR count). The molecule has 0 unspecified atom stereocenters. The Morgan fingerprint density at radius 3 is 1.38 bits per heavy atom. The predicted octanol–water partition coefficient (Wildman–Crippen LogP) is 6.55. The molecule has 0 bridgehead atoms. The molecule has 0 atom stereocenters. The van der Waals surface area contributed by atoms with Gasteiger partial charge in [0.1, 0.15) is 0 Å². The van der Waals surface area contributed by atoms with Crippen molar-refractivity contribution in [2.75, 3.05) is 0 Å². The standard InChI is InChI=1S/2C13H9.C2H7Si.2CH3.Ti/c2*1-3-7-12-10(5-1)9-11-6-2-4-8-13(11)12;1-3-2;;;/h2*1-5,7-8H,9H2;3H,1-2H3;2*1H3;. The number of fused-ring (bicyclic) bond motifs is 6. The number of benzene rings is 4. The van der Waals surface area contributed by atoms with E-state index in [-0.39, 0.29) is 0 Å². The van der Waals surface area contributed by atoms with Crippen LogP contribution in [0.15, 0.2) is 84.9 Å². The van der Waals surface area contributed by atoms with Gasteiger partial charge in [-0.1, -0.05) is 0 Å². The summed E-state index contributed by atoms with van der Waals surface area (Å²) in [5, 5.41) is 5.51. The molecule has 0 nitrogen and oxygen atoms in total. The van der Waals surface area contributed by atoms with E-state index in [1.165, 1.54) is 33.4 Å². The van der Waals surface area contributed by atoms with Gasteiger partial charge in [0.2, 0.25) is 0 Å². The van der Waals surface area contributed by atoms with Gasteiger partial charge in [0.15, 0.2) is 0 Å². The topological polar surface area (TPSA) is 0 Å². The Hall–Kier alpha value is -2.19. The summed E-state index contributed by atoms with van der Waals surface area (Å²) < 4.78 is 3.48. The molecule has 2 aliphatic rings. The number of rotatable bonds is 3. The van der Waals surface area contributed by atoms with E-state index in [1.807, 2.05) is 0 Å². The molecular formula is C30H31SiTi. The number of hydrogen-bond donors (Lipinski definition) is 0. The first-order chi connectivity index (χ1) is 15.4.